The molecule has 10 heteroatoms. The molecule has 4 heterocycles. The molecular weight excluding hydrogens is 360 g/mol. The molecule has 1 fully saturated rings. The highest BCUT2D eigenvalue weighted by atomic mass is 16.5. The number of rotatable bonds is 3. The molecule has 0 radical (unpaired) electrons. The molecule has 1 saturated heterocycles. The number of nitrogens with one attached hydrogen (secondary N) is 1. The fourth-order valence-electron chi connectivity index (χ4n) is 4.14. The molecule has 3 aromatic rings. The molecule has 10 nitrogen and oxygen atoms in total. The van der Waals surface area contributed by atoms with Gasteiger partial charge in [-0.2, -0.15) is 4.98 Å². The number of aromatic amines is 1. The molecule has 0 bridgehead atoms. The second-order valence-electron chi connectivity index (χ2n) is 7.65. The van der Waals surface area contributed by atoms with Crippen LogP contribution in [-0.4, -0.2) is 60.1 Å². The van der Waals surface area contributed by atoms with Gasteiger partial charge in [0.05, 0.1) is 23.8 Å². The van der Waals surface area contributed by atoms with Gasteiger partial charge >= 0.3 is 0 Å². The third-order valence-corrected chi connectivity index (χ3v) is 5.77. The Balaban J connectivity index is 1.38. The van der Waals surface area contributed by atoms with Crippen molar-refractivity contribution in [3.05, 3.63) is 40.0 Å². The zero-order valence-corrected chi connectivity index (χ0v) is 15.7. The van der Waals surface area contributed by atoms with Crippen LogP contribution in [0.15, 0.2) is 21.7 Å². The Morgan fingerprint density at radius 1 is 1.25 bits per heavy atom. The molecule has 0 aromatic carbocycles. The summed E-state index contributed by atoms with van der Waals surface area (Å²) in [5.41, 5.74) is 2.45. The van der Waals surface area contributed by atoms with Crippen molar-refractivity contribution in [2.75, 3.05) is 20.1 Å². The molecule has 0 amide bonds. The maximum absolute atomic E-state index is 11.5. The van der Waals surface area contributed by atoms with Crippen LogP contribution in [0.1, 0.15) is 48.5 Å². The Labute approximate surface area is 161 Å². The van der Waals surface area contributed by atoms with Crippen molar-refractivity contribution >= 4 is 0 Å². The van der Waals surface area contributed by atoms with Crippen LogP contribution in [0.2, 0.25) is 0 Å². The zero-order chi connectivity index (χ0) is 19.1. The van der Waals surface area contributed by atoms with Gasteiger partial charge in [0.15, 0.2) is 0 Å². The lowest BCUT2D eigenvalue weighted by Gasteiger charge is -2.30. The number of hydrogen-bond acceptors (Lipinski definition) is 8. The van der Waals surface area contributed by atoms with Crippen LogP contribution in [0.5, 0.6) is 0 Å². The third kappa shape index (κ3) is 3.13. The van der Waals surface area contributed by atoms with Gasteiger partial charge in [-0.15, -0.1) is 5.10 Å². The van der Waals surface area contributed by atoms with Gasteiger partial charge in [-0.3, -0.25) is 4.79 Å². The number of piperidine rings is 1. The van der Waals surface area contributed by atoms with E-state index in [9.17, 15) is 4.79 Å². The van der Waals surface area contributed by atoms with Crippen LogP contribution in [0, 0.1) is 0 Å². The second-order valence-corrected chi connectivity index (χ2v) is 7.65. The average molecular weight is 382 g/mol. The Morgan fingerprint density at radius 3 is 2.93 bits per heavy atom. The van der Waals surface area contributed by atoms with Crippen molar-refractivity contribution in [3.63, 3.8) is 0 Å². The Kier molecular flexibility index (Phi) is 4.27. The van der Waals surface area contributed by atoms with Gasteiger partial charge in [0.25, 0.3) is 5.56 Å². The van der Waals surface area contributed by atoms with Crippen molar-refractivity contribution in [3.8, 4) is 11.5 Å². The molecule has 1 aliphatic heterocycles. The number of aryl methyl sites for hydroxylation is 1. The van der Waals surface area contributed by atoms with Gasteiger partial charge in [0.2, 0.25) is 11.7 Å². The summed E-state index contributed by atoms with van der Waals surface area (Å²) in [5, 5.41) is 12.9. The first-order valence-corrected chi connectivity index (χ1v) is 9.67. The highest BCUT2D eigenvalue weighted by Crippen LogP contribution is 2.34. The highest BCUT2D eigenvalue weighted by Gasteiger charge is 2.31. The lowest BCUT2D eigenvalue weighted by atomic mass is 9.89. The molecular formula is C18H22N8O2. The van der Waals surface area contributed by atoms with Crippen LogP contribution >= 0.6 is 0 Å². The summed E-state index contributed by atoms with van der Waals surface area (Å²) in [6.45, 7) is 2.16. The van der Waals surface area contributed by atoms with Gasteiger partial charge in [-0.1, -0.05) is 10.4 Å². The van der Waals surface area contributed by atoms with Crippen LogP contribution < -0.4 is 5.56 Å². The number of hydrogen-bond donors (Lipinski definition) is 1. The van der Waals surface area contributed by atoms with E-state index in [1.807, 2.05) is 0 Å². The predicted octanol–water partition coefficient (Wildman–Crippen LogP) is 0.951. The molecule has 1 atom stereocenters. The van der Waals surface area contributed by atoms with Crippen LogP contribution in [0.25, 0.3) is 11.5 Å². The summed E-state index contributed by atoms with van der Waals surface area (Å²) >= 11 is 0. The Bertz CT molecular complexity index is 1030. The lowest BCUT2D eigenvalue weighted by molar-refractivity contribution is 0.207. The fourth-order valence-corrected chi connectivity index (χ4v) is 4.14. The number of likely N-dealkylation sites (tertiary alicyclic amines) is 1. The first kappa shape index (κ1) is 17.2. The third-order valence-electron chi connectivity index (χ3n) is 5.77. The molecule has 0 spiro atoms. The van der Waals surface area contributed by atoms with Crippen LogP contribution in [0.4, 0.5) is 0 Å². The summed E-state index contributed by atoms with van der Waals surface area (Å²) in [6, 6.07) is 1.77. The van der Waals surface area contributed by atoms with Gasteiger partial charge in [-0.25, -0.2) is 9.67 Å². The van der Waals surface area contributed by atoms with E-state index in [4.69, 9.17) is 4.52 Å². The van der Waals surface area contributed by atoms with Crippen LogP contribution in [-0.2, 0) is 12.8 Å². The standard InChI is InChI=1S/C18H22N8O2/c1-25-6-4-12(5-7-25)26-15-8-11(2-3-13(15)22-24-26)18-21-17(23-28-18)14-9-16(27)20-10-19-14/h9-12H,2-8H2,1H3,(H,19,20,27). The molecule has 2 aliphatic rings. The van der Waals surface area contributed by atoms with E-state index < -0.39 is 0 Å². The molecule has 1 unspecified atom stereocenters. The molecule has 0 saturated carbocycles. The van der Waals surface area contributed by atoms with Gasteiger partial charge < -0.3 is 14.4 Å². The molecule has 5 rings (SSSR count). The minimum atomic E-state index is -0.244. The predicted molar refractivity (Wildman–Crippen MR) is 98.7 cm³/mol. The fraction of sp³-hybridized carbons (Fsp3) is 0.556. The topological polar surface area (TPSA) is 119 Å². The summed E-state index contributed by atoms with van der Waals surface area (Å²) in [4.78, 5) is 24.9. The maximum atomic E-state index is 11.5. The van der Waals surface area contributed by atoms with Gasteiger partial charge in [0, 0.05) is 18.4 Å². The minimum Gasteiger partial charge on any atom is -0.339 e. The van der Waals surface area contributed by atoms with E-state index in [1.54, 1.807) is 0 Å². The molecule has 1 N–H and O–H groups in total. The monoisotopic (exact) mass is 382 g/mol. The number of H-pyrrole nitrogens is 1. The number of aromatic nitrogens is 7. The van der Waals surface area contributed by atoms with E-state index >= 15 is 0 Å². The normalized spacial score (nSPS) is 21.0. The Hall–Kier alpha value is -2.88. The summed E-state index contributed by atoms with van der Waals surface area (Å²) in [5.74, 6) is 1.05. The van der Waals surface area contributed by atoms with Crippen molar-refractivity contribution in [1.29, 1.82) is 0 Å². The van der Waals surface area contributed by atoms with Gasteiger partial charge in [0.1, 0.15) is 5.69 Å². The van der Waals surface area contributed by atoms with E-state index in [0.29, 0.717) is 23.5 Å². The average Bonchev–Trinajstić information content (AvgIpc) is 3.36. The number of fused-ring (bicyclic) bond motifs is 1. The van der Waals surface area contributed by atoms with E-state index in [0.717, 1.165) is 50.9 Å². The smallest absolute Gasteiger partial charge is 0.251 e. The minimum absolute atomic E-state index is 0.124. The molecule has 28 heavy (non-hydrogen) atoms. The molecule has 146 valence electrons. The van der Waals surface area contributed by atoms with Crippen molar-refractivity contribution in [2.24, 2.45) is 0 Å². The highest BCUT2D eigenvalue weighted by molar-refractivity contribution is 5.46. The first-order valence-electron chi connectivity index (χ1n) is 9.67. The lowest BCUT2D eigenvalue weighted by Crippen LogP contribution is -2.33. The maximum Gasteiger partial charge on any atom is 0.251 e. The van der Waals surface area contributed by atoms with E-state index in [2.05, 4.69) is 47.1 Å². The van der Waals surface area contributed by atoms with E-state index in [1.165, 1.54) is 18.1 Å². The first-order chi connectivity index (χ1) is 13.7. The van der Waals surface area contributed by atoms with Crippen LogP contribution in [0.3, 0.4) is 0 Å². The van der Waals surface area contributed by atoms with Crippen molar-refractivity contribution in [1.82, 2.24) is 40.0 Å². The quantitative estimate of drug-likeness (QED) is 0.711. The zero-order valence-electron chi connectivity index (χ0n) is 15.7. The molecule has 1 aliphatic carbocycles. The molecule has 3 aromatic heterocycles. The largest absolute Gasteiger partial charge is 0.339 e. The van der Waals surface area contributed by atoms with Crippen molar-refractivity contribution < 1.29 is 4.52 Å². The second kappa shape index (κ2) is 6.93. The van der Waals surface area contributed by atoms with E-state index in [-0.39, 0.29) is 11.5 Å². The summed E-state index contributed by atoms with van der Waals surface area (Å²) in [6.07, 6.45) is 6.06. The van der Waals surface area contributed by atoms with Gasteiger partial charge in [-0.05, 0) is 45.8 Å². The number of nitrogens with zero attached hydrogens (tertiary/aromatic N) is 7. The summed E-state index contributed by atoms with van der Waals surface area (Å²) < 4.78 is 7.65. The Morgan fingerprint density at radius 2 is 2.11 bits per heavy atom. The van der Waals surface area contributed by atoms with Crippen molar-refractivity contribution in [2.45, 2.75) is 44.1 Å². The SMILES string of the molecule is CN1CCC(n2nnc3c2CC(c2nc(-c4cc(=O)[nH]cn4)no2)CC3)CC1. The summed E-state index contributed by atoms with van der Waals surface area (Å²) in [7, 11) is 2.16.